The molecule has 6 heterocycles. The summed E-state index contributed by atoms with van der Waals surface area (Å²) >= 11 is 0. The van der Waals surface area contributed by atoms with Crippen molar-refractivity contribution in [1.29, 1.82) is 0 Å². The van der Waals surface area contributed by atoms with Crippen LogP contribution in [0.5, 0.6) is 11.5 Å². The van der Waals surface area contributed by atoms with E-state index in [1.807, 2.05) is 58.2 Å². The summed E-state index contributed by atoms with van der Waals surface area (Å²) in [5.74, 6) is 1.18. The number of carbonyl (C=O) groups excluding carboxylic acids is 5. The van der Waals surface area contributed by atoms with Gasteiger partial charge in [0.1, 0.15) is 24.0 Å². The fraction of sp³-hybridized carbons (Fsp3) is 0.431. The molecule has 5 aliphatic rings. The van der Waals surface area contributed by atoms with E-state index in [1.165, 1.54) is 14.2 Å². The van der Waals surface area contributed by atoms with Crippen LogP contribution < -0.4 is 20.1 Å². The number of aromatic nitrogens is 2. The molecule has 5 aliphatic heterocycles. The monoisotopic (exact) mass is 942 g/mol. The van der Waals surface area contributed by atoms with Crippen molar-refractivity contribution in [3.05, 3.63) is 95.6 Å². The number of carbonyl (C=O) groups is 5. The normalized spacial score (nSPS) is 20.1. The molecule has 1 aromatic heterocycles. The number of allylic oxidation sites excluding steroid dienone is 1. The number of amides is 5. The summed E-state index contributed by atoms with van der Waals surface area (Å²) < 4.78 is 27.0. The molecule has 0 spiro atoms. The van der Waals surface area contributed by atoms with E-state index < -0.39 is 42.5 Å². The SMILES string of the molecule is COC(=O)N[C@H](C(=O)N1C[C@H](OC(=O)N2Cc3ccc4c(c3C2)OCO4)CC1C1=NC=C(c2ccc(-c3ccc(-c4cnc([C@@H]5CCCN5C(=O)[C@@H](NC(=O)OC)C(C)C)[nH]4)cc3)cc2)C1)C(C)C. The Hall–Kier alpha value is -7.37. The summed E-state index contributed by atoms with van der Waals surface area (Å²) in [5.41, 5.74) is 8.44. The number of aliphatic imine (C=N–C) groups is 1. The first-order valence-electron chi connectivity index (χ1n) is 23.5. The zero-order chi connectivity index (χ0) is 48.5. The van der Waals surface area contributed by atoms with E-state index in [0.717, 1.165) is 63.2 Å². The molecule has 0 aliphatic carbocycles. The number of fused-ring (bicyclic) bond motifs is 3. The van der Waals surface area contributed by atoms with Gasteiger partial charge >= 0.3 is 18.3 Å². The number of imidazole rings is 1. The van der Waals surface area contributed by atoms with E-state index in [1.54, 1.807) is 20.9 Å². The maximum absolute atomic E-state index is 14.3. The predicted octanol–water partition coefficient (Wildman–Crippen LogP) is 7.20. The number of benzene rings is 3. The molecule has 69 heavy (non-hydrogen) atoms. The first-order chi connectivity index (χ1) is 33.3. The van der Waals surface area contributed by atoms with Gasteiger partial charge in [-0.15, -0.1) is 0 Å². The third-order valence-corrected chi connectivity index (χ3v) is 13.7. The van der Waals surface area contributed by atoms with Crippen LogP contribution in [0.15, 0.2) is 78.1 Å². The number of methoxy groups -OCH3 is 2. The molecule has 0 saturated carbocycles. The lowest BCUT2D eigenvalue weighted by molar-refractivity contribution is -0.135. The maximum Gasteiger partial charge on any atom is 0.410 e. The summed E-state index contributed by atoms with van der Waals surface area (Å²) in [6, 6.07) is 17.9. The molecule has 5 atom stereocenters. The Bertz CT molecular complexity index is 2680. The quantitative estimate of drug-likeness (QED) is 0.121. The minimum atomic E-state index is -0.873. The fourth-order valence-electron chi connectivity index (χ4n) is 9.90. The molecule has 1 unspecified atom stereocenters. The topological polar surface area (TPSA) is 206 Å². The molecule has 362 valence electrons. The molecule has 5 amide bonds. The highest BCUT2D eigenvalue weighted by molar-refractivity contribution is 6.04. The van der Waals surface area contributed by atoms with Gasteiger partial charge in [0.2, 0.25) is 18.6 Å². The van der Waals surface area contributed by atoms with E-state index in [2.05, 4.69) is 57.0 Å². The van der Waals surface area contributed by atoms with E-state index in [0.29, 0.717) is 49.8 Å². The van der Waals surface area contributed by atoms with Gasteiger partial charge in [-0.25, -0.2) is 19.4 Å². The van der Waals surface area contributed by atoms with Crippen molar-refractivity contribution in [3.63, 3.8) is 0 Å². The van der Waals surface area contributed by atoms with Gasteiger partial charge in [0.15, 0.2) is 11.5 Å². The number of nitrogens with zero attached hydrogens (tertiary/aromatic N) is 5. The molecule has 0 radical (unpaired) electrons. The van der Waals surface area contributed by atoms with E-state index in [9.17, 15) is 24.0 Å². The number of H-pyrrole nitrogens is 1. The van der Waals surface area contributed by atoms with Gasteiger partial charge < -0.3 is 49.1 Å². The largest absolute Gasteiger partial charge is 0.454 e. The summed E-state index contributed by atoms with van der Waals surface area (Å²) in [6.07, 6.45) is 3.59. The first kappa shape index (κ1) is 46.7. The van der Waals surface area contributed by atoms with Crippen molar-refractivity contribution >= 4 is 41.4 Å². The molecule has 3 N–H and O–H groups in total. The van der Waals surface area contributed by atoms with Crippen LogP contribution in [0.25, 0.3) is 28.0 Å². The second kappa shape index (κ2) is 19.7. The minimum absolute atomic E-state index is 0.125. The molecular weight excluding hydrogens is 885 g/mol. The molecular formula is C51H58N8O10. The van der Waals surface area contributed by atoms with Crippen LogP contribution in [0.4, 0.5) is 14.4 Å². The van der Waals surface area contributed by atoms with Gasteiger partial charge in [-0.05, 0) is 64.1 Å². The summed E-state index contributed by atoms with van der Waals surface area (Å²) in [4.78, 5) is 84.1. The number of hydrogen-bond donors (Lipinski definition) is 3. The Balaban J connectivity index is 0.846. The number of ether oxygens (including phenoxy) is 5. The van der Waals surface area contributed by atoms with Crippen LogP contribution >= 0.6 is 0 Å². The van der Waals surface area contributed by atoms with Gasteiger partial charge in [0.25, 0.3) is 0 Å². The number of rotatable bonds is 12. The first-order valence-corrected chi connectivity index (χ1v) is 23.5. The van der Waals surface area contributed by atoms with Crippen molar-refractivity contribution in [3.8, 4) is 33.9 Å². The van der Waals surface area contributed by atoms with Crippen molar-refractivity contribution in [2.24, 2.45) is 16.8 Å². The van der Waals surface area contributed by atoms with Crippen molar-refractivity contribution in [2.75, 3.05) is 34.1 Å². The van der Waals surface area contributed by atoms with Crippen LogP contribution in [-0.4, -0.2) is 119 Å². The molecule has 2 saturated heterocycles. The highest BCUT2D eigenvalue weighted by atomic mass is 16.7. The Morgan fingerprint density at radius 1 is 0.768 bits per heavy atom. The van der Waals surface area contributed by atoms with Crippen LogP contribution in [0.2, 0.25) is 0 Å². The number of nitrogens with one attached hydrogen (secondary N) is 3. The van der Waals surface area contributed by atoms with Crippen molar-refractivity contribution in [1.82, 2.24) is 35.3 Å². The Kier molecular flexibility index (Phi) is 13.3. The van der Waals surface area contributed by atoms with Gasteiger partial charge in [0, 0.05) is 43.4 Å². The van der Waals surface area contributed by atoms with Gasteiger partial charge in [-0.1, -0.05) is 82.3 Å². The van der Waals surface area contributed by atoms with Gasteiger partial charge in [-0.2, -0.15) is 0 Å². The average molecular weight is 943 g/mol. The second-order valence-electron chi connectivity index (χ2n) is 18.7. The summed E-state index contributed by atoms with van der Waals surface area (Å²) in [7, 11) is 2.54. The third-order valence-electron chi connectivity index (χ3n) is 13.7. The lowest BCUT2D eigenvalue weighted by Gasteiger charge is -2.30. The average Bonchev–Trinajstić information content (AvgIpc) is 4.22. The number of alkyl carbamates (subject to hydrolysis) is 2. The molecule has 18 heteroatoms. The number of hydrogen-bond acceptors (Lipinski definition) is 12. The molecule has 2 fully saturated rings. The molecule has 9 rings (SSSR count). The van der Waals surface area contributed by atoms with Crippen molar-refractivity contribution < 1.29 is 47.7 Å². The Labute approximate surface area is 400 Å². The zero-order valence-electron chi connectivity index (χ0n) is 39.7. The lowest BCUT2D eigenvalue weighted by atomic mass is 9.95. The smallest absolute Gasteiger partial charge is 0.410 e. The molecule has 4 aromatic rings. The van der Waals surface area contributed by atoms with E-state index in [-0.39, 0.29) is 43.0 Å². The van der Waals surface area contributed by atoms with Crippen molar-refractivity contribution in [2.45, 2.75) is 96.7 Å². The zero-order valence-corrected chi connectivity index (χ0v) is 39.7. The lowest BCUT2D eigenvalue weighted by Crippen LogP contribution is -2.53. The predicted molar refractivity (Wildman–Crippen MR) is 254 cm³/mol. The summed E-state index contributed by atoms with van der Waals surface area (Å²) in [6.45, 7) is 9.02. The standard InChI is InChI=1S/C51H58N8O10/c1-28(2)43(55-49(62)65-5)47(60)58-19-7-8-40(58)46-53-23-39(54-46)33-15-13-31(14-16-33)30-9-11-32(12-10-30)35-20-38(52-22-35)41-21-36(25-59(41)48(61)44(29(3)4)56-50(63)66-6)69-51(64)57-24-34-17-18-42-45(37(34)26-57)68-27-67-42/h9-18,22-23,28-29,36,40-41,43-44H,7-8,19-21,24-27H2,1-6H3,(H,53,54)(H,55,62)(H,56,63)/t36-,40+,41?,43+,44+/m1/s1. The van der Waals surface area contributed by atoms with E-state index >= 15 is 0 Å². The second-order valence-corrected chi connectivity index (χ2v) is 18.7. The maximum atomic E-state index is 14.3. The fourth-order valence-corrected chi connectivity index (χ4v) is 9.90. The highest BCUT2D eigenvalue weighted by Crippen LogP contribution is 2.42. The summed E-state index contributed by atoms with van der Waals surface area (Å²) in [5, 5.41) is 5.40. The number of likely N-dealkylation sites (tertiary alicyclic amines) is 2. The minimum Gasteiger partial charge on any atom is -0.454 e. The van der Waals surface area contributed by atoms with E-state index in [4.69, 9.17) is 28.7 Å². The third kappa shape index (κ3) is 9.56. The Morgan fingerprint density at radius 3 is 2.06 bits per heavy atom. The highest BCUT2D eigenvalue weighted by Gasteiger charge is 2.45. The van der Waals surface area contributed by atoms with Gasteiger partial charge in [-0.3, -0.25) is 19.5 Å². The molecule has 0 bridgehead atoms. The Morgan fingerprint density at radius 2 is 1.41 bits per heavy atom. The van der Waals surface area contributed by atoms with Crippen LogP contribution in [-0.2, 0) is 36.9 Å². The molecule has 3 aromatic carbocycles. The van der Waals surface area contributed by atoms with Crippen LogP contribution in [0, 0.1) is 11.8 Å². The van der Waals surface area contributed by atoms with Gasteiger partial charge in [0.05, 0.1) is 51.3 Å². The van der Waals surface area contributed by atoms with Crippen LogP contribution in [0.1, 0.15) is 81.9 Å². The number of aromatic amines is 1. The molecule has 18 nitrogen and oxygen atoms in total. The van der Waals surface area contributed by atoms with Crippen LogP contribution in [0.3, 0.4) is 0 Å².